The zero-order valence-electron chi connectivity index (χ0n) is 15.5. The second-order valence-electron chi connectivity index (χ2n) is 6.38. The van der Waals surface area contributed by atoms with Gasteiger partial charge >= 0.3 is 0 Å². The second-order valence-corrected chi connectivity index (χ2v) is 6.82. The van der Waals surface area contributed by atoms with Gasteiger partial charge in [0.15, 0.2) is 5.82 Å². The van der Waals surface area contributed by atoms with Crippen LogP contribution in [0.1, 0.15) is 30.8 Å². The third kappa shape index (κ3) is 5.17. The van der Waals surface area contributed by atoms with E-state index in [1.165, 1.54) is 6.92 Å². The van der Waals surface area contributed by atoms with Crippen molar-refractivity contribution in [2.45, 2.75) is 26.3 Å². The van der Waals surface area contributed by atoms with Crippen LogP contribution in [-0.4, -0.2) is 27.0 Å². The summed E-state index contributed by atoms with van der Waals surface area (Å²) in [4.78, 5) is 28.4. The summed E-state index contributed by atoms with van der Waals surface area (Å²) in [5.74, 6) is 0.836. The Labute approximate surface area is 167 Å². The molecule has 1 aromatic heterocycles. The number of anilines is 1. The molecule has 28 heavy (non-hydrogen) atoms. The summed E-state index contributed by atoms with van der Waals surface area (Å²) in [5.41, 5.74) is 2.22. The quantitative estimate of drug-likeness (QED) is 0.591. The average Bonchev–Trinajstić information content (AvgIpc) is 3.08. The molecule has 7 nitrogen and oxygen atoms in total. The molecule has 2 aromatic carbocycles. The number of benzene rings is 2. The minimum atomic E-state index is -0.450. The van der Waals surface area contributed by atoms with Crippen molar-refractivity contribution in [3.8, 4) is 11.4 Å². The fraction of sp³-hybridized carbons (Fsp3) is 0.200. The molecule has 0 saturated carbocycles. The van der Waals surface area contributed by atoms with Gasteiger partial charge in [-0.2, -0.15) is 5.10 Å². The van der Waals surface area contributed by atoms with Crippen molar-refractivity contribution in [1.82, 2.24) is 20.5 Å². The molecule has 1 atom stereocenters. The van der Waals surface area contributed by atoms with E-state index in [9.17, 15) is 9.59 Å². The van der Waals surface area contributed by atoms with E-state index in [1.807, 2.05) is 19.1 Å². The highest BCUT2D eigenvalue weighted by Gasteiger charge is 2.17. The number of carbonyl (C=O) groups excluding carboxylic acids is 2. The molecule has 3 rings (SSSR count). The first kappa shape index (κ1) is 19.6. The maximum atomic E-state index is 12.6. The lowest BCUT2D eigenvalue weighted by atomic mass is 10.0. The normalized spacial score (nSPS) is 11.7. The van der Waals surface area contributed by atoms with E-state index in [4.69, 9.17) is 11.6 Å². The van der Waals surface area contributed by atoms with Gasteiger partial charge in [-0.05, 0) is 36.8 Å². The highest BCUT2D eigenvalue weighted by Crippen LogP contribution is 2.22. The number of aryl methyl sites for hydroxylation is 1. The van der Waals surface area contributed by atoms with Gasteiger partial charge in [0.2, 0.25) is 11.8 Å². The number of halogens is 1. The van der Waals surface area contributed by atoms with Gasteiger partial charge in [0.05, 0.1) is 12.5 Å². The molecule has 0 fully saturated rings. The van der Waals surface area contributed by atoms with Crippen LogP contribution in [0.25, 0.3) is 11.4 Å². The lowest BCUT2D eigenvalue weighted by Crippen LogP contribution is -2.29. The summed E-state index contributed by atoms with van der Waals surface area (Å²) >= 11 is 5.92. The van der Waals surface area contributed by atoms with Gasteiger partial charge in [0.25, 0.3) is 0 Å². The summed E-state index contributed by atoms with van der Waals surface area (Å²) in [7, 11) is 0. The molecule has 144 valence electrons. The van der Waals surface area contributed by atoms with Crippen molar-refractivity contribution < 1.29 is 9.59 Å². The van der Waals surface area contributed by atoms with E-state index in [1.54, 1.807) is 36.4 Å². The van der Waals surface area contributed by atoms with Gasteiger partial charge < -0.3 is 10.6 Å². The molecule has 0 aliphatic carbocycles. The summed E-state index contributed by atoms with van der Waals surface area (Å²) < 4.78 is 0. The molecule has 3 aromatic rings. The van der Waals surface area contributed by atoms with E-state index in [2.05, 4.69) is 25.8 Å². The number of amides is 2. The molecule has 1 heterocycles. The molecule has 0 aliphatic rings. The van der Waals surface area contributed by atoms with E-state index < -0.39 is 6.04 Å². The van der Waals surface area contributed by atoms with Crippen molar-refractivity contribution in [3.63, 3.8) is 0 Å². The van der Waals surface area contributed by atoms with E-state index in [0.717, 1.165) is 11.1 Å². The highest BCUT2D eigenvalue weighted by molar-refractivity contribution is 6.30. The maximum absolute atomic E-state index is 12.6. The summed E-state index contributed by atoms with van der Waals surface area (Å²) in [6.07, 6.45) is 0.0885. The molecule has 2 amide bonds. The summed E-state index contributed by atoms with van der Waals surface area (Å²) in [6.45, 7) is 3.24. The standard InChI is InChI=1S/C20H20ClN5O2/c1-12-22-20(26-25-12)15-4-3-5-17(10-15)24-19(28)11-18(23-13(2)27)14-6-8-16(21)9-7-14/h3-10,18H,11H2,1-2H3,(H,23,27)(H,24,28)(H,22,25,26). The number of hydrogen-bond donors (Lipinski definition) is 3. The molecule has 0 aliphatic heterocycles. The fourth-order valence-electron chi connectivity index (χ4n) is 2.80. The Bertz CT molecular complexity index is 984. The van der Waals surface area contributed by atoms with Gasteiger partial charge in [-0.25, -0.2) is 4.98 Å². The van der Waals surface area contributed by atoms with Gasteiger partial charge in [-0.15, -0.1) is 0 Å². The summed E-state index contributed by atoms with van der Waals surface area (Å²) in [5, 5.41) is 13.2. The monoisotopic (exact) mass is 397 g/mol. The summed E-state index contributed by atoms with van der Waals surface area (Å²) in [6, 6.07) is 13.9. The Balaban J connectivity index is 1.72. The fourth-order valence-corrected chi connectivity index (χ4v) is 2.92. The third-order valence-corrected chi connectivity index (χ3v) is 4.29. The van der Waals surface area contributed by atoms with Crippen LogP contribution in [0.2, 0.25) is 5.02 Å². The molecule has 1 unspecified atom stereocenters. The van der Waals surface area contributed by atoms with Crippen molar-refractivity contribution in [3.05, 3.63) is 64.9 Å². The number of rotatable bonds is 6. The molecule has 0 radical (unpaired) electrons. The van der Waals surface area contributed by atoms with E-state index in [0.29, 0.717) is 22.4 Å². The van der Waals surface area contributed by atoms with Crippen molar-refractivity contribution in [2.24, 2.45) is 0 Å². The second kappa shape index (κ2) is 8.67. The van der Waals surface area contributed by atoms with Crippen LogP contribution in [0.4, 0.5) is 5.69 Å². The highest BCUT2D eigenvalue weighted by atomic mass is 35.5. The Morgan fingerprint density at radius 1 is 1.18 bits per heavy atom. The Morgan fingerprint density at radius 2 is 1.93 bits per heavy atom. The Kier molecular flexibility index (Phi) is 6.06. The van der Waals surface area contributed by atoms with Crippen molar-refractivity contribution in [2.75, 3.05) is 5.32 Å². The minimum Gasteiger partial charge on any atom is -0.349 e. The van der Waals surface area contributed by atoms with Crippen LogP contribution >= 0.6 is 11.6 Å². The third-order valence-electron chi connectivity index (χ3n) is 4.04. The Morgan fingerprint density at radius 3 is 2.57 bits per heavy atom. The number of aromatic amines is 1. The van der Waals surface area contributed by atoms with Crippen molar-refractivity contribution >= 4 is 29.1 Å². The van der Waals surface area contributed by atoms with Crippen LogP contribution in [0.5, 0.6) is 0 Å². The van der Waals surface area contributed by atoms with Crippen LogP contribution in [0, 0.1) is 6.92 Å². The molecule has 0 spiro atoms. The number of aromatic nitrogens is 3. The Hall–Kier alpha value is -3.19. The first-order valence-electron chi connectivity index (χ1n) is 8.72. The van der Waals surface area contributed by atoms with Gasteiger partial charge in [-0.1, -0.05) is 35.9 Å². The smallest absolute Gasteiger partial charge is 0.226 e. The molecule has 0 bridgehead atoms. The largest absolute Gasteiger partial charge is 0.349 e. The lowest BCUT2D eigenvalue weighted by molar-refractivity contribution is -0.120. The number of nitrogens with zero attached hydrogens (tertiary/aromatic N) is 2. The zero-order chi connectivity index (χ0) is 20.1. The lowest BCUT2D eigenvalue weighted by Gasteiger charge is -2.18. The first-order chi connectivity index (χ1) is 13.4. The SMILES string of the molecule is CC(=O)NC(CC(=O)Nc1cccc(-c2n[nH]c(C)n2)c1)c1ccc(Cl)cc1. The van der Waals surface area contributed by atoms with Crippen LogP contribution in [-0.2, 0) is 9.59 Å². The first-order valence-corrected chi connectivity index (χ1v) is 9.10. The average molecular weight is 398 g/mol. The molecule has 0 saturated heterocycles. The maximum Gasteiger partial charge on any atom is 0.226 e. The van der Waals surface area contributed by atoms with Crippen LogP contribution in [0.3, 0.4) is 0 Å². The number of hydrogen-bond acceptors (Lipinski definition) is 4. The molecular formula is C20H20ClN5O2. The predicted octanol–water partition coefficient (Wildman–Crippen LogP) is 3.64. The van der Waals surface area contributed by atoms with Gasteiger partial charge in [0.1, 0.15) is 5.82 Å². The van der Waals surface area contributed by atoms with Gasteiger partial charge in [-0.3, -0.25) is 14.7 Å². The molecular weight excluding hydrogens is 378 g/mol. The van der Waals surface area contributed by atoms with E-state index >= 15 is 0 Å². The number of carbonyl (C=O) groups is 2. The predicted molar refractivity (Wildman–Crippen MR) is 108 cm³/mol. The van der Waals surface area contributed by atoms with Gasteiger partial charge in [0, 0.05) is 23.2 Å². The van der Waals surface area contributed by atoms with Crippen LogP contribution < -0.4 is 10.6 Å². The van der Waals surface area contributed by atoms with Crippen molar-refractivity contribution in [1.29, 1.82) is 0 Å². The topological polar surface area (TPSA) is 99.8 Å². The zero-order valence-corrected chi connectivity index (χ0v) is 16.2. The molecule has 3 N–H and O–H groups in total. The minimum absolute atomic E-state index is 0.0885. The number of nitrogens with one attached hydrogen (secondary N) is 3. The number of H-pyrrole nitrogens is 1. The van der Waals surface area contributed by atoms with Crippen LogP contribution in [0.15, 0.2) is 48.5 Å². The van der Waals surface area contributed by atoms with E-state index in [-0.39, 0.29) is 18.2 Å². The molecule has 8 heteroatoms.